The van der Waals surface area contributed by atoms with Gasteiger partial charge in [0, 0.05) is 36.2 Å². The van der Waals surface area contributed by atoms with Crippen LogP contribution >= 0.6 is 15.9 Å². The Labute approximate surface area is 100 Å². The third kappa shape index (κ3) is 3.95. The third-order valence-electron chi connectivity index (χ3n) is 2.55. The average molecular weight is 274 g/mol. The van der Waals surface area contributed by atoms with Gasteiger partial charge in [0.15, 0.2) is 0 Å². The largest absolute Gasteiger partial charge is 0.309 e. The smallest absolute Gasteiger partial charge is 0.0534 e. The highest BCUT2D eigenvalue weighted by atomic mass is 79.9. The van der Waals surface area contributed by atoms with E-state index in [0.717, 1.165) is 18.4 Å². The molecule has 1 atom stereocenters. The summed E-state index contributed by atoms with van der Waals surface area (Å²) in [6.07, 6.45) is 4.03. The van der Waals surface area contributed by atoms with E-state index in [2.05, 4.69) is 53.3 Å². The van der Waals surface area contributed by atoms with Gasteiger partial charge in [0.25, 0.3) is 0 Å². The molecule has 0 saturated carbocycles. The number of halogens is 1. The first-order valence-corrected chi connectivity index (χ1v) is 6.60. The van der Waals surface area contributed by atoms with Gasteiger partial charge in [0.2, 0.25) is 0 Å². The van der Waals surface area contributed by atoms with Crippen LogP contribution in [0.3, 0.4) is 0 Å². The van der Waals surface area contributed by atoms with Gasteiger partial charge in [0.1, 0.15) is 0 Å². The molecule has 1 unspecified atom stereocenters. The quantitative estimate of drug-likeness (QED) is 0.807. The van der Waals surface area contributed by atoms with E-state index in [1.54, 1.807) is 0 Å². The molecule has 0 saturated heterocycles. The van der Waals surface area contributed by atoms with E-state index in [1.165, 1.54) is 5.56 Å². The molecule has 0 radical (unpaired) electrons. The number of aromatic nitrogens is 2. The zero-order valence-corrected chi connectivity index (χ0v) is 11.3. The standard InChI is InChI=1S/C11H20BrN3/c1-4-15-8-10(7-14-15)6-13-11(5-12)9(2)3/h7-9,11,13H,4-6H2,1-3H3. The number of aryl methyl sites for hydroxylation is 1. The van der Waals surface area contributed by atoms with Crippen LogP contribution in [0.1, 0.15) is 26.3 Å². The Kier molecular flexibility index (Phi) is 5.32. The van der Waals surface area contributed by atoms with E-state index in [4.69, 9.17) is 0 Å². The minimum absolute atomic E-state index is 0.523. The number of hydrogen-bond acceptors (Lipinski definition) is 2. The van der Waals surface area contributed by atoms with Gasteiger partial charge in [-0.3, -0.25) is 4.68 Å². The molecule has 1 N–H and O–H groups in total. The summed E-state index contributed by atoms with van der Waals surface area (Å²) in [5, 5.41) is 8.76. The van der Waals surface area contributed by atoms with E-state index < -0.39 is 0 Å². The van der Waals surface area contributed by atoms with Gasteiger partial charge >= 0.3 is 0 Å². The van der Waals surface area contributed by atoms with Crippen molar-refractivity contribution in [2.45, 2.75) is 39.9 Å². The van der Waals surface area contributed by atoms with Crippen LogP contribution in [0.4, 0.5) is 0 Å². The predicted octanol–water partition coefficient (Wildman–Crippen LogP) is 2.41. The van der Waals surface area contributed by atoms with Crippen molar-refractivity contribution in [3.8, 4) is 0 Å². The Morgan fingerprint density at radius 1 is 1.53 bits per heavy atom. The minimum atomic E-state index is 0.523. The zero-order chi connectivity index (χ0) is 11.3. The summed E-state index contributed by atoms with van der Waals surface area (Å²) in [5.41, 5.74) is 1.25. The van der Waals surface area contributed by atoms with Crippen LogP contribution in [0.15, 0.2) is 12.4 Å². The number of alkyl halides is 1. The molecule has 0 amide bonds. The Morgan fingerprint density at radius 3 is 2.73 bits per heavy atom. The Morgan fingerprint density at radius 2 is 2.27 bits per heavy atom. The van der Waals surface area contributed by atoms with Crippen molar-refractivity contribution in [1.82, 2.24) is 15.1 Å². The van der Waals surface area contributed by atoms with E-state index in [1.807, 2.05) is 10.9 Å². The van der Waals surface area contributed by atoms with Crippen LogP contribution in [-0.2, 0) is 13.1 Å². The Hall–Kier alpha value is -0.350. The first-order valence-electron chi connectivity index (χ1n) is 5.48. The molecule has 0 spiro atoms. The van der Waals surface area contributed by atoms with Crippen LogP contribution in [-0.4, -0.2) is 21.2 Å². The normalized spacial score (nSPS) is 13.4. The molecule has 1 aromatic heterocycles. The fourth-order valence-corrected chi connectivity index (χ4v) is 2.36. The van der Waals surface area contributed by atoms with Crippen LogP contribution in [0.2, 0.25) is 0 Å². The Balaban J connectivity index is 2.41. The maximum atomic E-state index is 4.25. The lowest BCUT2D eigenvalue weighted by Crippen LogP contribution is -2.34. The van der Waals surface area contributed by atoms with Gasteiger partial charge in [-0.15, -0.1) is 0 Å². The van der Waals surface area contributed by atoms with Crippen LogP contribution in [0.5, 0.6) is 0 Å². The van der Waals surface area contributed by atoms with Crippen molar-refractivity contribution in [3.63, 3.8) is 0 Å². The first kappa shape index (κ1) is 12.7. The van der Waals surface area contributed by atoms with Gasteiger partial charge in [-0.1, -0.05) is 29.8 Å². The maximum Gasteiger partial charge on any atom is 0.0534 e. The van der Waals surface area contributed by atoms with Crippen molar-refractivity contribution in [2.75, 3.05) is 5.33 Å². The summed E-state index contributed by atoms with van der Waals surface area (Å²) in [6.45, 7) is 8.39. The van der Waals surface area contributed by atoms with Crippen LogP contribution < -0.4 is 5.32 Å². The molecule has 1 rings (SSSR count). The summed E-state index contributed by atoms with van der Waals surface area (Å²) in [4.78, 5) is 0. The second-order valence-corrected chi connectivity index (χ2v) is 4.74. The molecule has 0 aliphatic carbocycles. The van der Waals surface area contributed by atoms with Crippen molar-refractivity contribution >= 4 is 15.9 Å². The van der Waals surface area contributed by atoms with Gasteiger partial charge in [-0.2, -0.15) is 5.10 Å². The van der Waals surface area contributed by atoms with E-state index >= 15 is 0 Å². The lowest BCUT2D eigenvalue weighted by molar-refractivity contribution is 0.434. The summed E-state index contributed by atoms with van der Waals surface area (Å²) in [5.74, 6) is 0.644. The van der Waals surface area contributed by atoms with Crippen LogP contribution in [0, 0.1) is 5.92 Å². The molecular formula is C11H20BrN3. The number of nitrogens with zero attached hydrogens (tertiary/aromatic N) is 2. The summed E-state index contributed by atoms with van der Waals surface area (Å²) in [7, 11) is 0. The second-order valence-electron chi connectivity index (χ2n) is 4.09. The molecular weight excluding hydrogens is 254 g/mol. The molecule has 1 heterocycles. The summed E-state index contributed by atoms with van der Waals surface area (Å²) < 4.78 is 1.95. The monoisotopic (exact) mass is 273 g/mol. The zero-order valence-electron chi connectivity index (χ0n) is 9.70. The van der Waals surface area contributed by atoms with Crippen molar-refractivity contribution in [2.24, 2.45) is 5.92 Å². The molecule has 0 bridgehead atoms. The number of nitrogens with one attached hydrogen (secondary N) is 1. The van der Waals surface area contributed by atoms with E-state index in [-0.39, 0.29) is 0 Å². The topological polar surface area (TPSA) is 29.9 Å². The highest BCUT2D eigenvalue weighted by Gasteiger charge is 2.10. The van der Waals surface area contributed by atoms with Crippen molar-refractivity contribution in [3.05, 3.63) is 18.0 Å². The van der Waals surface area contributed by atoms with Gasteiger partial charge in [0.05, 0.1) is 6.20 Å². The third-order valence-corrected chi connectivity index (χ3v) is 3.25. The summed E-state index contributed by atoms with van der Waals surface area (Å²) in [6, 6.07) is 0.523. The maximum absolute atomic E-state index is 4.25. The molecule has 86 valence electrons. The molecule has 0 aromatic carbocycles. The van der Waals surface area contributed by atoms with Crippen molar-refractivity contribution < 1.29 is 0 Å². The molecule has 15 heavy (non-hydrogen) atoms. The summed E-state index contributed by atoms with van der Waals surface area (Å²) >= 11 is 3.53. The van der Waals surface area contributed by atoms with Crippen molar-refractivity contribution in [1.29, 1.82) is 0 Å². The fourth-order valence-electron chi connectivity index (χ4n) is 1.39. The SMILES string of the molecule is CCn1cc(CNC(CBr)C(C)C)cn1. The van der Waals surface area contributed by atoms with E-state index in [0.29, 0.717) is 12.0 Å². The Bertz CT molecular complexity index is 283. The molecule has 0 aliphatic rings. The molecule has 3 nitrogen and oxygen atoms in total. The first-order chi connectivity index (χ1) is 7.17. The second kappa shape index (κ2) is 6.28. The highest BCUT2D eigenvalue weighted by Crippen LogP contribution is 2.06. The lowest BCUT2D eigenvalue weighted by atomic mass is 10.1. The molecule has 1 aromatic rings. The van der Waals surface area contributed by atoms with E-state index in [9.17, 15) is 0 Å². The fraction of sp³-hybridized carbons (Fsp3) is 0.727. The van der Waals surface area contributed by atoms with Gasteiger partial charge in [-0.05, 0) is 12.8 Å². The number of rotatable bonds is 6. The van der Waals surface area contributed by atoms with Gasteiger partial charge in [-0.25, -0.2) is 0 Å². The highest BCUT2D eigenvalue weighted by molar-refractivity contribution is 9.09. The molecule has 0 fully saturated rings. The average Bonchev–Trinajstić information content (AvgIpc) is 2.66. The minimum Gasteiger partial charge on any atom is -0.309 e. The van der Waals surface area contributed by atoms with Gasteiger partial charge < -0.3 is 5.32 Å². The predicted molar refractivity (Wildman–Crippen MR) is 67.2 cm³/mol. The number of hydrogen-bond donors (Lipinski definition) is 1. The van der Waals surface area contributed by atoms with Crippen LogP contribution in [0.25, 0.3) is 0 Å². The molecule has 4 heteroatoms. The molecule has 0 aliphatic heterocycles. The lowest BCUT2D eigenvalue weighted by Gasteiger charge is -2.19.